The molecule has 0 amide bonds. The number of carbonyl (C=O) groups excluding carboxylic acids is 1. The average molecular weight is 310 g/mol. The van der Waals surface area contributed by atoms with Crippen molar-refractivity contribution in [2.45, 2.75) is 6.54 Å². The van der Waals surface area contributed by atoms with Gasteiger partial charge in [-0.1, -0.05) is 23.7 Å². The van der Waals surface area contributed by atoms with Crippen molar-refractivity contribution in [1.82, 2.24) is 4.90 Å². The number of Topliss-reactive ketones (excluding diaryl/α,β-unsaturated/α-hetero) is 1. The second-order valence-corrected chi connectivity index (χ2v) is 5.28. The summed E-state index contributed by atoms with van der Waals surface area (Å²) in [5.74, 6) is -1.91. The van der Waals surface area contributed by atoms with E-state index in [1.165, 1.54) is 6.07 Å². The molecule has 0 spiro atoms. The molecule has 2 nitrogen and oxygen atoms in total. The van der Waals surface area contributed by atoms with E-state index in [1.54, 1.807) is 24.1 Å². The van der Waals surface area contributed by atoms with Crippen LogP contribution in [-0.2, 0) is 6.54 Å². The highest BCUT2D eigenvalue weighted by atomic mass is 35.5. The Bertz CT molecular complexity index is 643. The van der Waals surface area contributed by atoms with Crippen LogP contribution in [0.3, 0.4) is 0 Å². The molecule has 0 atom stereocenters. The Labute approximate surface area is 127 Å². The summed E-state index contributed by atoms with van der Waals surface area (Å²) in [7, 11) is 1.76. The molecule has 0 heterocycles. The predicted molar refractivity (Wildman–Crippen MR) is 78.5 cm³/mol. The van der Waals surface area contributed by atoms with Crippen LogP contribution in [0.15, 0.2) is 42.5 Å². The zero-order chi connectivity index (χ0) is 15.4. The minimum absolute atomic E-state index is 0.0468. The summed E-state index contributed by atoms with van der Waals surface area (Å²) in [6, 6.07) is 10.2. The molecule has 0 bridgehead atoms. The van der Waals surface area contributed by atoms with E-state index >= 15 is 0 Å². The van der Waals surface area contributed by atoms with Gasteiger partial charge in [0, 0.05) is 17.6 Å². The Kier molecular flexibility index (Phi) is 5.04. The Morgan fingerprint density at radius 2 is 1.81 bits per heavy atom. The van der Waals surface area contributed by atoms with Crippen molar-refractivity contribution in [3.8, 4) is 0 Å². The number of halogens is 3. The number of rotatable bonds is 5. The third-order valence-electron chi connectivity index (χ3n) is 3.01. The molecule has 5 heteroatoms. The van der Waals surface area contributed by atoms with Crippen molar-refractivity contribution in [2.24, 2.45) is 0 Å². The van der Waals surface area contributed by atoms with Gasteiger partial charge in [0.1, 0.15) is 11.6 Å². The summed E-state index contributed by atoms with van der Waals surface area (Å²) >= 11 is 5.80. The number of ketones is 1. The standard InChI is InChI=1S/C16H14ClF2NO/c1-20(9-11-2-4-12(17)5-3-11)10-16(21)14-7-6-13(18)8-15(14)19/h2-8H,9-10H2,1H3. The van der Waals surface area contributed by atoms with E-state index in [2.05, 4.69) is 0 Å². The number of hydrogen-bond acceptors (Lipinski definition) is 2. The molecule has 0 aliphatic carbocycles. The van der Waals surface area contributed by atoms with Gasteiger partial charge in [-0.3, -0.25) is 9.69 Å². The van der Waals surface area contributed by atoms with Crippen molar-refractivity contribution in [2.75, 3.05) is 13.6 Å². The van der Waals surface area contributed by atoms with Gasteiger partial charge in [-0.2, -0.15) is 0 Å². The molecular weight excluding hydrogens is 296 g/mol. The lowest BCUT2D eigenvalue weighted by atomic mass is 10.1. The summed E-state index contributed by atoms with van der Waals surface area (Å²) < 4.78 is 26.3. The maximum Gasteiger partial charge on any atom is 0.179 e. The highest BCUT2D eigenvalue weighted by molar-refractivity contribution is 6.30. The van der Waals surface area contributed by atoms with Crippen LogP contribution in [0.5, 0.6) is 0 Å². The number of nitrogens with zero attached hydrogens (tertiary/aromatic N) is 1. The van der Waals surface area contributed by atoms with Crippen molar-refractivity contribution < 1.29 is 13.6 Å². The van der Waals surface area contributed by atoms with Gasteiger partial charge >= 0.3 is 0 Å². The molecule has 2 rings (SSSR count). The molecule has 21 heavy (non-hydrogen) atoms. The summed E-state index contributed by atoms with van der Waals surface area (Å²) in [6.45, 7) is 0.580. The first-order valence-electron chi connectivity index (χ1n) is 6.37. The molecule has 0 saturated heterocycles. The zero-order valence-corrected chi connectivity index (χ0v) is 12.2. The Morgan fingerprint density at radius 3 is 2.43 bits per heavy atom. The summed E-state index contributed by atoms with van der Waals surface area (Å²) in [4.78, 5) is 13.8. The van der Waals surface area contributed by atoms with E-state index < -0.39 is 11.6 Å². The lowest BCUT2D eigenvalue weighted by Gasteiger charge is -2.16. The van der Waals surface area contributed by atoms with Gasteiger partial charge in [-0.15, -0.1) is 0 Å². The minimum atomic E-state index is -0.833. The molecule has 0 unspecified atom stereocenters. The lowest BCUT2D eigenvalue weighted by Crippen LogP contribution is -2.26. The number of hydrogen-bond donors (Lipinski definition) is 0. The van der Waals surface area contributed by atoms with E-state index in [9.17, 15) is 13.6 Å². The van der Waals surface area contributed by atoms with Crippen LogP contribution in [0, 0.1) is 11.6 Å². The van der Waals surface area contributed by atoms with Crippen LogP contribution in [0.2, 0.25) is 5.02 Å². The van der Waals surface area contributed by atoms with Crippen LogP contribution < -0.4 is 0 Å². The maximum absolute atomic E-state index is 13.5. The van der Waals surface area contributed by atoms with E-state index in [0.29, 0.717) is 17.6 Å². The van der Waals surface area contributed by atoms with Crippen molar-refractivity contribution in [3.63, 3.8) is 0 Å². The third kappa shape index (κ3) is 4.34. The van der Waals surface area contributed by atoms with Gasteiger partial charge in [0.25, 0.3) is 0 Å². The molecule has 0 saturated carbocycles. The second kappa shape index (κ2) is 6.78. The highest BCUT2D eigenvalue weighted by Gasteiger charge is 2.14. The van der Waals surface area contributed by atoms with Gasteiger partial charge in [-0.25, -0.2) is 8.78 Å². The molecule has 2 aromatic rings. The Morgan fingerprint density at radius 1 is 1.14 bits per heavy atom. The largest absolute Gasteiger partial charge is 0.295 e. The molecular formula is C16H14ClF2NO. The van der Waals surface area contributed by atoms with Crippen LogP contribution >= 0.6 is 11.6 Å². The fourth-order valence-corrected chi connectivity index (χ4v) is 2.13. The molecule has 110 valence electrons. The normalized spacial score (nSPS) is 10.9. The third-order valence-corrected chi connectivity index (χ3v) is 3.26. The van der Waals surface area contributed by atoms with Gasteiger partial charge < -0.3 is 0 Å². The summed E-state index contributed by atoms with van der Waals surface area (Å²) in [5.41, 5.74) is 0.897. The van der Waals surface area contributed by atoms with Crippen LogP contribution in [0.4, 0.5) is 8.78 Å². The smallest absolute Gasteiger partial charge is 0.179 e. The van der Waals surface area contributed by atoms with E-state index in [1.807, 2.05) is 12.1 Å². The number of carbonyl (C=O) groups is 1. The zero-order valence-electron chi connectivity index (χ0n) is 11.4. The van der Waals surface area contributed by atoms with Crippen molar-refractivity contribution in [1.29, 1.82) is 0 Å². The molecule has 0 radical (unpaired) electrons. The molecule has 0 fully saturated rings. The molecule has 0 aromatic heterocycles. The number of likely N-dealkylation sites (N-methyl/N-ethyl adjacent to an activating group) is 1. The Balaban J connectivity index is 2.00. The molecule has 0 N–H and O–H groups in total. The average Bonchev–Trinajstić information content (AvgIpc) is 2.41. The second-order valence-electron chi connectivity index (χ2n) is 4.85. The van der Waals surface area contributed by atoms with Gasteiger partial charge in [0.2, 0.25) is 0 Å². The Hall–Kier alpha value is -1.78. The summed E-state index contributed by atoms with van der Waals surface area (Å²) in [6.07, 6.45) is 0. The van der Waals surface area contributed by atoms with Crippen LogP contribution in [-0.4, -0.2) is 24.3 Å². The van der Waals surface area contributed by atoms with Gasteiger partial charge in [-0.05, 0) is 36.9 Å². The monoisotopic (exact) mass is 309 g/mol. The molecule has 0 aliphatic rings. The molecule has 2 aromatic carbocycles. The first kappa shape index (κ1) is 15.6. The lowest BCUT2D eigenvalue weighted by molar-refractivity contribution is 0.0939. The highest BCUT2D eigenvalue weighted by Crippen LogP contribution is 2.13. The van der Waals surface area contributed by atoms with Gasteiger partial charge in [0.05, 0.1) is 12.1 Å². The van der Waals surface area contributed by atoms with E-state index in [0.717, 1.165) is 11.6 Å². The molecule has 0 aliphatic heterocycles. The topological polar surface area (TPSA) is 20.3 Å². The predicted octanol–water partition coefficient (Wildman–Crippen LogP) is 3.93. The van der Waals surface area contributed by atoms with Gasteiger partial charge in [0.15, 0.2) is 5.78 Å². The van der Waals surface area contributed by atoms with Crippen LogP contribution in [0.25, 0.3) is 0 Å². The maximum atomic E-state index is 13.5. The first-order valence-corrected chi connectivity index (χ1v) is 6.75. The minimum Gasteiger partial charge on any atom is -0.295 e. The fourth-order valence-electron chi connectivity index (χ4n) is 2.00. The van der Waals surface area contributed by atoms with E-state index in [4.69, 9.17) is 11.6 Å². The van der Waals surface area contributed by atoms with Crippen molar-refractivity contribution in [3.05, 3.63) is 70.2 Å². The first-order chi connectivity index (χ1) is 9.95. The SMILES string of the molecule is CN(CC(=O)c1ccc(F)cc1F)Cc1ccc(Cl)cc1. The van der Waals surface area contributed by atoms with Crippen molar-refractivity contribution >= 4 is 17.4 Å². The fraction of sp³-hybridized carbons (Fsp3) is 0.188. The summed E-state index contributed by atoms with van der Waals surface area (Å²) in [5, 5.41) is 0.644. The van der Waals surface area contributed by atoms with E-state index in [-0.39, 0.29) is 17.9 Å². The van der Waals surface area contributed by atoms with Crippen LogP contribution in [0.1, 0.15) is 15.9 Å². The number of benzene rings is 2. The quantitative estimate of drug-likeness (QED) is 0.780.